The highest BCUT2D eigenvalue weighted by Gasteiger charge is 2.17. The molecule has 33 heavy (non-hydrogen) atoms. The Hall–Kier alpha value is -3.43. The Bertz CT molecular complexity index is 1220. The maximum atomic E-state index is 12.6. The molecule has 0 bridgehead atoms. The highest BCUT2D eigenvalue weighted by Crippen LogP contribution is 2.28. The van der Waals surface area contributed by atoms with Crippen LogP contribution in [0.5, 0.6) is 0 Å². The predicted molar refractivity (Wildman–Crippen MR) is 133 cm³/mol. The monoisotopic (exact) mass is 477 g/mol. The van der Waals surface area contributed by atoms with Crippen LogP contribution in [-0.4, -0.2) is 51.3 Å². The van der Waals surface area contributed by atoms with Crippen molar-refractivity contribution in [3.05, 3.63) is 83.2 Å². The lowest BCUT2D eigenvalue weighted by molar-refractivity contribution is -0.113. The van der Waals surface area contributed by atoms with Crippen LogP contribution in [0.2, 0.25) is 0 Å². The lowest BCUT2D eigenvalue weighted by Crippen LogP contribution is -2.21. The van der Waals surface area contributed by atoms with Crippen LogP contribution in [0, 0.1) is 0 Å². The number of hydrogen-bond acceptors (Lipinski definition) is 6. The zero-order chi connectivity index (χ0) is 23.2. The maximum absolute atomic E-state index is 12.6. The van der Waals surface area contributed by atoms with Gasteiger partial charge in [-0.15, -0.1) is 21.5 Å². The Balaban J connectivity index is 1.44. The molecule has 0 atom stereocenters. The third-order valence-corrected chi connectivity index (χ3v) is 6.63. The van der Waals surface area contributed by atoms with Crippen LogP contribution < -0.4 is 5.32 Å². The quantitative estimate of drug-likeness (QED) is 0.378. The Labute approximate surface area is 200 Å². The van der Waals surface area contributed by atoms with Crippen LogP contribution >= 0.6 is 23.1 Å². The fourth-order valence-corrected chi connectivity index (χ4v) is 4.63. The zero-order valence-corrected chi connectivity index (χ0v) is 19.9. The van der Waals surface area contributed by atoms with Gasteiger partial charge >= 0.3 is 0 Å². The smallest absolute Gasteiger partial charge is 0.253 e. The molecule has 0 radical (unpaired) electrons. The molecule has 9 heteroatoms. The number of hydrogen-bond donors (Lipinski definition) is 1. The summed E-state index contributed by atoms with van der Waals surface area (Å²) in [6.07, 6.45) is 0. The number of thioether (sulfide) groups is 1. The van der Waals surface area contributed by atoms with Crippen LogP contribution in [0.25, 0.3) is 10.7 Å². The van der Waals surface area contributed by atoms with Gasteiger partial charge in [-0.3, -0.25) is 14.2 Å². The molecule has 7 nitrogen and oxygen atoms in total. The van der Waals surface area contributed by atoms with E-state index >= 15 is 0 Å². The Morgan fingerprint density at radius 3 is 2.42 bits per heavy atom. The second kappa shape index (κ2) is 10.5. The summed E-state index contributed by atoms with van der Waals surface area (Å²) in [7, 11) is 3.41. The summed E-state index contributed by atoms with van der Waals surface area (Å²) in [5.74, 6) is 0.745. The van der Waals surface area contributed by atoms with Crippen molar-refractivity contribution in [2.24, 2.45) is 0 Å². The normalized spacial score (nSPS) is 10.7. The van der Waals surface area contributed by atoms with Gasteiger partial charge in [-0.1, -0.05) is 48.2 Å². The molecule has 1 N–H and O–H groups in total. The molecule has 4 rings (SSSR count). The summed E-state index contributed by atoms with van der Waals surface area (Å²) >= 11 is 2.95. The van der Waals surface area contributed by atoms with E-state index in [2.05, 4.69) is 27.6 Å². The summed E-state index contributed by atoms with van der Waals surface area (Å²) < 4.78 is 2.04. The molecule has 0 unspecified atom stereocenters. The molecule has 4 aromatic rings. The number of aromatic nitrogens is 3. The van der Waals surface area contributed by atoms with E-state index in [9.17, 15) is 9.59 Å². The first-order chi connectivity index (χ1) is 16.0. The van der Waals surface area contributed by atoms with Crippen molar-refractivity contribution < 1.29 is 9.59 Å². The minimum atomic E-state index is -0.154. The number of benzene rings is 2. The van der Waals surface area contributed by atoms with Gasteiger partial charge in [0.25, 0.3) is 5.91 Å². The highest BCUT2D eigenvalue weighted by molar-refractivity contribution is 7.99. The van der Waals surface area contributed by atoms with Crippen molar-refractivity contribution in [1.29, 1.82) is 0 Å². The van der Waals surface area contributed by atoms with Gasteiger partial charge in [0.15, 0.2) is 11.0 Å². The van der Waals surface area contributed by atoms with E-state index in [4.69, 9.17) is 0 Å². The molecule has 0 aliphatic heterocycles. The number of nitrogens with one attached hydrogen (secondary N) is 1. The van der Waals surface area contributed by atoms with Crippen LogP contribution in [0.4, 0.5) is 5.69 Å². The number of anilines is 1. The molecule has 2 aromatic heterocycles. The van der Waals surface area contributed by atoms with Gasteiger partial charge in [0.05, 0.1) is 17.2 Å². The van der Waals surface area contributed by atoms with Crippen LogP contribution in [-0.2, 0) is 11.3 Å². The number of carbonyl (C=O) groups is 2. The molecule has 0 saturated carbocycles. The average molecular weight is 478 g/mol. The Morgan fingerprint density at radius 2 is 1.76 bits per heavy atom. The van der Waals surface area contributed by atoms with Gasteiger partial charge in [-0.05, 0) is 41.3 Å². The molecule has 2 amide bonds. The zero-order valence-electron chi connectivity index (χ0n) is 18.3. The van der Waals surface area contributed by atoms with Gasteiger partial charge in [-0.2, -0.15) is 0 Å². The lowest BCUT2D eigenvalue weighted by atomic mass is 10.2. The van der Waals surface area contributed by atoms with Gasteiger partial charge < -0.3 is 10.2 Å². The van der Waals surface area contributed by atoms with Crippen molar-refractivity contribution in [3.63, 3.8) is 0 Å². The third-order valence-electron chi connectivity index (χ3n) is 4.80. The molecule has 0 spiro atoms. The van der Waals surface area contributed by atoms with E-state index in [-0.39, 0.29) is 17.6 Å². The van der Waals surface area contributed by atoms with E-state index in [0.717, 1.165) is 16.3 Å². The van der Waals surface area contributed by atoms with Crippen molar-refractivity contribution in [1.82, 2.24) is 19.7 Å². The van der Waals surface area contributed by atoms with Crippen LogP contribution in [0.1, 0.15) is 15.9 Å². The fourth-order valence-electron chi connectivity index (χ4n) is 3.17. The van der Waals surface area contributed by atoms with Gasteiger partial charge in [0, 0.05) is 25.3 Å². The summed E-state index contributed by atoms with van der Waals surface area (Å²) in [5, 5.41) is 14.3. The summed E-state index contributed by atoms with van der Waals surface area (Å²) in [5.41, 5.74) is 2.34. The maximum Gasteiger partial charge on any atom is 0.253 e. The number of carbonyl (C=O) groups excluding carboxylic acids is 2. The molecule has 0 saturated heterocycles. The molecule has 2 aromatic carbocycles. The van der Waals surface area contributed by atoms with E-state index in [1.165, 1.54) is 16.7 Å². The second-order valence-corrected chi connectivity index (χ2v) is 9.36. The van der Waals surface area contributed by atoms with Crippen molar-refractivity contribution in [2.75, 3.05) is 25.2 Å². The fraction of sp³-hybridized carbons (Fsp3) is 0.167. The third kappa shape index (κ3) is 5.68. The van der Waals surface area contributed by atoms with E-state index < -0.39 is 0 Å². The summed E-state index contributed by atoms with van der Waals surface area (Å²) in [6, 6.07) is 21.0. The SMILES string of the molecule is CN(C)C(=O)c1ccc(NC(=O)CSc2nnc(-c3cccs3)n2Cc2ccccc2)cc1. The first-order valence-electron chi connectivity index (χ1n) is 10.3. The predicted octanol–water partition coefficient (Wildman–Crippen LogP) is 4.49. The Kier molecular flexibility index (Phi) is 7.21. The van der Waals surface area contributed by atoms with E-state index in [0.29, 0.717) is 23.0 Å². The molecule has 0 aliphatic carbocycles. The molecule has 2 heterocycles. The topological polar surface area (TPSA) is 80.1 Å². The number of amides is 2. The number of rotatable bonds is 8. The Morgan fingerprint density at radius 1 is 1.00 bits per heavy atom. The van der Waals surface area contributed by atoms with Gasteiger partial charge in [-0.25, -0.2) is 0 Å². The first-order valence-corrected chi connectivity index (χ1v) is 12.1. The molecule has 0 aliphatic rings. The largest absolute Gasteiger partial charge is 0.345 e. The second-order valence-electron chi connectivity index (χ2n) is 7.47. The number of thiophene rings is 1. The van der Waals surface area contributed by atoms with Crippen molar-refractivity contribution >= 4 is 40.6 Å². The van der Waals surface area contributed by atoms with Gasteiger partial charge in [0.1, 0.15) is 0 Å². The molecule has 168 valence electrons. The summed E-state index contributed by atoms with van der Waals surface area (Å²) in [6.45, 7) is 0.617. The molecular weight excluding hydrogens is 454 g/mol. The standard InChI is InChI=1S/C24H23N5O2S2/c1-28(2)23(31)18-10-12-19(13-11-18)25-21(30)16-33-24-27-26-22(20-9-6-14-32-20)29(24)15-17-7-4-3-5-8-17/h3-14H,15-16H2,1-2H3,(H,25,30). The van der Waals surface area contributed by atoms with Crippen molar-refractivity contribution in [3.8, 4) is 10.7 Å². The lowest BCUT2D eigenvalue weighted by Gasteiger charge is -2.11. The van der Waals surface area contributed by atoms with Crippen molar-refractivity contribution in [2.45, 2.75) is 11.7 Å². The van der Waals surface area contributed by atoms with Crippen LogP contribution in [0.15, 0.2) is 77.3 Å². The highest BCUT2D eigenvalue weighted by atomic mass is 32.2. The number of nitrogens with zero attached hydrogens (tertiary/aromatic N) is 4. The minimum absolute atomic E-state index is 0.0808. The minimum Gasteiger partial charge on any atom is -0.345 e. The molecular formula is C24H23N5O2S2. The molecule has 0 fully saturated rings. The van der Waals surface area contributed by atoms with E-state index in [1.54, 1.807) is 49.7 Å². The average Bonchev–Trinajstić information content (AvgIpc) is 3.48. The van der Waals surface area contributed by atoms with Crippen LogP contribution in [0.3, 0.4) is 0 Å². The van der Waals surface area contributed by atoms with E-state index in [1.807, 2.05) is 40.3 Å². The first kappa shape index (κ1) is 22.8. The van der Waals surface area contributed by atoms with Gasteiger partial charge in [0.2, 0.25) is 5.91 Å². The summed E-state index contributed by atoms with van der Waals surface area (Å²) in [4.78, 5) is 27.1.